The van der Waals surface area contributed by atoms with Crippen molar-refractivity contribution in [3.63, 3.8) is 0 Å². The molecule has 0 bridgehead atoms. The lowest BCUT2D eigenvalue weighted by atomic mass is 9.98. The Kier molecular flexibility index (Phi) is 5.63. The molecule has 0 radical (unpaired) electrons. The summed E-state index contributed by atoms with van der Waals surface area (Å²) in [7, 11) is 4.14. The molecule has 148 valence electrons. The van der Waals surface area contributed by atoms with E-state index in [1.165, 1.54) is 5.56 Å². The van der Waals surface area contributed by atoms with E-state index in [2.05, 4.69) is 60.7 Å². The average molecular weight is 386 g/mol. The number of nitrogens with zero attached hydrogens (tertiary/aromatic N) is 1. The number of fused-ring (bicyclic) bond motifs is 1. The van der Waals surface area contributed by atoms with Gasteiger partial charge >= 0.3 is 0 Å². The van der Waals surface area contributed by atoms with Crippen LogP contribution in [0.15, 0.2) is 72.8 Å². The highest BCUT2D eigenvalue weighted by molar-refractivity contribution is 5.82. The van der Waals surface area contributed by atoms with E-state index in [0.29, 0.717) is 13.0 Å². The van der Waals surface area contributed by atoms with E-state index in [4.69, 9.17) is 4.74 Å². The predicted molar refractivity (Wildman–Crippen MR) is 116 cm³/mol. The molecule has 1 heterocycles. The monoisotopic (exact) mass is 386 g/mol. The minimum absolute atomic E-state index is 0.0719. The van der Waals surface area contributed by atoms with Gasteiger partial charge in [-0.15, -0.1) is 0 Å². The Labute approximate surface area is 172 Å². The van der Waals surface area contributed by atoms with Crippen LogP contribution in [0, 0.1) is 0 Å². The van der Waals surface area contributed by atoms with Gasteiger partial charge in [0.15, 0.2) is 6.10 Å². The zero-order valence-corrected chi connectivity index (χ0v) is 16.9. The van der Waals surface area contributed by atoms with Gasteiger partial charge in [-0.25, -0.2) is 0 Å². The number of ether oxygens (including phenoxy) is 1. The Morgan fingerprint density at radius 3 is 2.48 bits per heavy atom. The fourth-order valence-electron chi connectivity index (χ4n) is 3.74. The van der Waals surface area contributed by atoms with Gasteiger partial charge in [0.05, 0.1) is 0 Å². The third-order valence-corrected chi connectivity index (χ3v) is 5.17. The molecule has 0 saturated heterocycles. The van der Waals surface area contributed by atoms with Crippen LogP contribution >= 0.6 is 0 Å². The second kappa shape index (κ2) is 8.50. The van der Waals surface area contributed by atoms with Crippen molar-refractivity contribution in [3.05, 3.63) is 89.5 Å². The number of carbonyl (C=O) groups is 1. The fourth-order valence-corrected chi connectivity index (χ4v) is 3.74. The maximum Gasteiger partial charge on any atom is 0.261 e. The van der Waals surface area contributed by atoms with Crippen LogP contribution in [-0.2, 0) is 24.3 Å². The SMILES string of the molecule is CN(C)Cc1ccc(-c2ccccc2CNC(=O)[C@@H]2Cc3ccccc3O2)cc1. The van der Waals surface area contributed by atoms with E-state index in [1.807, 2.05) is 36.4 Å². The number of rotatable bonds is 6. The average Bonchev–Trinajstić information content (AvgIpc) is 3.17. The molecule has 4 nitrogen and oxygen atoms in total. The van der Waals surface area contributed by atoms with E-state index >= 15 is 0 Å². The summed E-state index contributed by atoms with van der Waals surface area (Å²) in [5.74, 6) is 0.739. The van der Waals surface area contributed by atoms with Crippen molar-refractivity contribution in [2.24, 2.45) is 0 Å². The molecule has 1 amide bonds. The summed E-state index contributed by atoms with van der Waals surface area (Å²) < 4.78 is 5.80. The van der Waals surface area contributed by atoms with Crippen LogP contribution in [0.25, 0.3) is 11.1 Å². The molecule has 0 aliphatic carbocycles. The van der Waals surface area contributed by atoms with Crippen LogP contribution in [0.1, 0.15) is 16.7 Å². The summed E-state index contributed by atoms with van der Waals surface area (Å²) in [6, 6.07) is 24.7. The van der Waals surface area contributed by atoms with Gasteiger partial charge in [0.25, 0.3) is 5.91 Å². The van der Waals surface area contributed by atoms with Crippen molar-refractivity contribution in [3.8, 4) is 16.9 Å². The maximum atomic E-state index is 12.6. The lowest BCUT2D eigenvalue weighted by molar-refractivity contribution is -0.127. The molecule has 1 aliphatic heterocycles. The van der Waals surface area contributed by atoms with Gasteiger partial charge < -0.3 is 15.0 Å². The highest BCUT2D eigenvalue weighted by Gasteiger charge is 2.28. The van der Waals surface area contributed by atoms with E-state index < -0.39 is 6.10 Å². The number of nitrogens with one attached hydrogen (secondary N) is 1. The molecular formula is C25H26N2O2. The van der Waals surface area contributed by atoms with Crippen LogP contribution in [0.3, 0.4) is 0 Å². The molecule has 4 rings (SSSR count). The smallest absolute Gasteiger partial charge is 0.261 e. The molecule has 1 atom stereocenters. The maximum absolute atomic E-state index is 12.6. The third kappa shape index (κ3) is 4.49. The van der Waals surface area contributed by atoms with Gasteiger partial charge in [-0.05, 0) is 48.0 Å². The zero-order chi connectivity index (χ0) is 20.2. The Morgan fingerprint density at radius 1 is 1.00 bits per heavy atom. The van der Waals surface area contributed by atoms with E-state index in [1.54, 1.807) is 0 Å². The Hall–Kier alpha value is -3.11. The normalized spacial score (nSPS) is 15.1. The van der Waals surface area contributed by atoms with Crippen LogP contribution < -0.4 is 10.1 Å². The zero-order valence-electron chi connectivity index (χ0n) is 16.9. The first kappa shape index (κ1) is 19.2. The highest BCUT2D eigenvalue weighted by atomic mass is 16.5. The molecule has 0 spiro atoms. The second-order valence-electron chi connectivity index (χ2n) is 7.73. The quantitative estimate of drug-likeness (QED) is 0.695. The van der Waals surface area contributed by atoms with Crippen molar-refractivity contribution >= 4 is 5.91 Å². The molecule has 3 aromatic rings. The molecular weight excluding hydrogens is 360 g/mol. The minimum atomic E-state index is -0.454. The summed E-state index contributed by atoms with van der Waals surface area (Å²) >= 11 is 0. The van der Waals surface area contributed by atoms with Crippen LogP contribution in [-0.4, -0.2) is 31.0 Å². The molecule has 0 unspecified atom stereocenters. The second-order valence-corrected chi connectivity index (χ2v) is 7.73. The van der Waals surface area contributed by atoms with Gasteiger partial charge in [-0.2, -0.15) is 0 Å². The number of benzene rings is 3. The Morgan fingerprint density at radius 2 is 1.72 bits per heavy atom. The fraction of sp³-hybridized carbons (Fsp3) is 0.240. The minimum Gasteiger partial charge on any atom is -0.480 e. The lowest BCUT2D eigenvalue weighted by Gasteiger charge is -2.15. The van der Waals surface area contributed by atoms with Crippen molar-refractivity contribution in [1.82, 2.24) is 10.2 Å². The highest BCUT2D eigenvalue weighted by Crippen LogP contribution is 2.28. The number of carbonyl (C=O) groups excluding carboxylic acids is 1. The predicted octanol–water partition coefficient (Wildman–Crippen LogP) is 4.04. The first-order valence-corrected chi connectivity index (χ1v) is 9.94. The van der Waals surface area contributed by atoms with E-state index in [0.717, 1.165) is 34.5 Å². The molecule has 29 heavy (non-hydrogen) atoms. The first-order chi connectivity index (χ1) is 14.1. The van der Waals surface area contributed by atoms with Crippen LogP contribution in [0.2, 0.25) is 0 Å². The largest absolute Gasteiger partial charge is 0.480 e. The molecule has 1 aliphatic rings. The summed E-state index contributed by atoms with van der Waals surface area (Å²) in [5, 5.41) is 3.05. The van der Waals surface area contributed by atoms with Gasteiger partial charge in [0.1, 0.15) is 5.75 Å². The Bertz CT molecular complexity index is 971. The number of hydrogen-bond acceptors (Lipinski definition) is 3. The van der Waals surface area contributed by atoms with Gasteiger partial charge in [-0.3, -0.25) is 4.79 Å². The summed E-state index contributed by atoms with van der Waals surface area (Å²) in [6.07, 6.45) is 0.168. The molecule has 3 aromatic carbocycles. The van der Waals surface area contributed by atoms with E-state index in [-0.39, 0.29) is 5.91 Å². The van der Waals surface area contributed by atoms with Gasteiger partial charge in [0, 0.05) is 19.5 Å². The molecule has 0 saturated carbocycles. The third-order valence-electron chi connectivity index (χ3n) is 5.17. The van der Waals surface area contributed by atoms with Gasteiger partial charge in [0.2, 0.25) is 0 Å². The van der Waals surface area contributed by atoms with Crippen molar-refractivity contribution in [1.29, 1.82) is 0 Å². The number of hydrogen-bond donors (Lipinski definition) is 1. The summed E-state index contributed by atoms with van der Waals surface area (Å²) in [5.41, 5.74) is 5.76. The van der Waals surface area contributed by atoms with Crippen LogP contribution in [0.5, 0.6) is 5.75 Å². The topological polar surface area (TPSA) is 41.6 Å². The number of para-hydroxylation sites is 1. The Balaban J connectivity index is 1.43. The summed E-state index contributed by atoms with van der Waals surface area (Å²) in [6.45, 7) is 1.40. The van der Waals surface area contributed by atoms with Gasteiger partial charge in [-0.1, -0.05) is 66.7 Å². The molecule has 1 N–H and O–H groups in total. The first-order valence-electron chi connectivity index (χ1n) is 9.94. The molecule has 0 aromatic heterocycles. The lowest BCUT2D eigenvalue weighted by Crippen LogP contribution is -2.37. The summed E-state index contributed by atoms with van der Waals surface area (Å²) in [4.78, 5) is 14.8. The number of amides is 1. The van der Waals surface area contributed by atoms with Crippen molar-refractivity contribution in [2.45, 2.75) is 25.6 Å². The van der Waals surface area contributed by atoms with Crippen molar-refractivity contribution < 1.29 is 9.53 Å². The van der Waals surface area contributed by atoms with E-state index in [9.17, 15) is 4.79 Å². The van der Waals surface area contributed by atoms with Crippen molar-refractivity contribution in [2.75, 3.05) is 14.1 Å². The standard InChI is InChI=1S/C25H26N2O2/c1-27(2)17-18-11-13-19(14-12-18)22-9-5-3-8-21(22)16-26-25(28)24-15-20-7-4-6-10-23(20)29-24/h3-14,24H,15-17H2,1-2H3,(H,26,28)/t24-/m0/s1. The molecule has 4 heteroatoms. The van der Waals surface area contributed by atoms with Crippen LogP contribution in [0.4, 0.5) is 0 Å². The molecule has 0 fully saturated rings.